The Morgan fingerprint density at radius 3 is 1.00 bits per heavy atom. The molecule has 418 valence electrons. The molecule has 0 spiro atoms. The van der Waals surface area contributed by atoms with Crippen molar-refractivity contribution in [3.05, 3.63) is 139 Å². The van der Waals surface area contributed by atoms with Crippen LogP contribution in [-0.4, -0.2) is 20.4 Å². The van der Waals surface area contributed by atoms with Gasteiger partial charge in [-0.05, 0) is 279 Å². The van der Waals surface area contributed by atoms with E-state index in [-0.39, 0.29) is 32.5 Å². The Hall–Kier alpha value is -6.52. The van der Waals surface area contributed by atoms with E-state index >= 15 is 9.59 Å². The Labute approximate surface area is 485 Å². The zero-order valence-corrected chi connectivity index (χ0v) is 52.6. The SMILES string of the molecule is Cc1cc(C)c(C)c(-c2cc3c4cc5c(cc4n4c6c(CC(C)(C)C)c7c8cc(-c9c(C)c(C)cc(C)c9C)cc9c%10cc%11c(cc%10n(c7c(CC(C)(C)C)c6c(c2)c34)c98)C(=O)C2(C)CCC%11(C)CC2)C(=O)C2(C)CCC5(C)CC2)c1C. The summed E-state index contributed by atoms with van der Waals surface area (Å²) in [6, 6.07) is 24.8. The van der Waals surface area contributed by atoms with E-state index in [1.165, 1.54) is 154 Å². The van der Waals surface area contributed by atoms with Gasteiger partial charge in [0.15, 0.2) is 11.6 Å². The molecule has 4 heterocycles. The van der Waals surface area contributed by atoms with E-state index in [0.717, 1.165) is 86.4 Å². The quantitative estimate of drug-likeness (QED) is 0.176. The highest BCUT2D eigenvalue weighted by Crippen LogP contribution is 2.59. The molecule has 0 aliphatic heterocycles. The van der Waals surface area contributed by atoms with Crippen LogP contribution in [0.5, 0.6) is 0 Å². The summed E-state index contributed by atoms with van der Waals surface area (Å²) >= 11 is 0. The number of fused-ring (bicyclic) bond motifs is 16. The van der Waals surface area contributed by atoms with Crippen LogP contribution in [0.15, 0.2) is 60.7 Å². The zero-order valence-electron chi connectivity index (χ0n) is 52.6. The number of hydrogen-bond donors (Lipinski definition) is 0. The number of ketones is 2. The lowest BCUT2D eigenvalue weighted by atomic mass is 9.65. The molecule has 4 aromatic heterocycles. The molecule has 2 saturated carbocycles. The first kappa shape index (κ1) is 52.3. The van der Waals surface area contributed by atoms with Crippen LogP contribution in [0.25, 0.3) is 98.4 Å². The number of aryl methyl sites for hydroxylation is 4. The van der Waals surface area contributed by atoms with Gasteiger partial charge < -0.3 is 8.80 Å². The largest absolute Gasteiger partial charge is 0.308 e. The molecule has 0 saturated heterocycles. The van der Waals surface area contributed by atoms with Gasteiger partial charge in [-0.15, -0.1) is 0 Å². The molecule has 4 bridgehead atoms. The average molecular weight is 1080 g/mol. The number of rotatable bonds is 4. The number of carbonyl (C=O) groups excluding carboxylic acids is 2. The third-order valence-electron chi connectivity index (χ3n) is 23.2. The molecule has 17 rings (SSSR count). The van der Waals surface area contributed by atoms with E-state index in [1.54, 1.807) is 0 Å². The van der Waals surface area contributed by atoms with Crippen molar-refractivity contribution in [3.63, 3.8) is 0 Å². The number of aromatic nitrogens is 2. The van der Waals surface area contributed by atoms with Gasteiger partial charge in [0.2, 0.25) is 0 Å². The zero-order chi connectivity index (χ0) is 57.9. The summed E-state index contributed by atoms with van der Waals surface area (Å²) in [6.45, 7) is 42.4. The van der Waals surface area contributed by atoms with Crippen molar-refractivity contribution in [2.24, 2.45) is 21.7 Å². The fourth-order valence-corrected chi connectivity index (χ4v) is 17.8. The fourth-order valence-electron chi connectivity index (χ4n) is 17.8. The molecule has 0 amide bonds. The molecule has 11 aromatic rings. The van der Waals surface area contributed by atoms with Crippen LogP contribution < -0.4 is 0 Å². The lowest BCUT2D eigenvalue weighted by Gasteiger charge is -2.38. The molecule has 7 aromatic carbocycles. The Morgan fingerprint density at radius 1 is 0.378 bits per heavy atom. The van der Waals surface area contributed by atoms with Gasteiger partial charge in [-0.1, -0.05) is 81.4 Å². The monoisotopic (exact) mass is 1080 g/mol. The van der Waals surface area contributed by atoms with Gasteiger partial charge in [0.25, 0.3) is 0 Å². The standard InChI is InChI=1S/C78H84N2O2/c1-39-27-40(2)44(6)63(43(39)5)47-29-51-49-33-59-53(71(81)77(17)23-19-75(59,15)20-24-77)35-61(49)79-67(51)55(31-47)65-57(37-73(9,10)11)70-66(58(69(65)79)38-74(12,13)14)56-32-48(64-45(7)41(3)28-42(4)46(64)8)30-52-50-34-60-54(36-62(50)80(70)68(52)56)72(82)78(18)25-21-76(60,16)22-26-78/h27-36H,19-26,37-38H2,1-18H3. The predicted octanol–water partition coefficient (Wildman–Crippen LogP) is 21.0. The van der Waals surface area contributed by atoms with E-state index in [0.29, 0.717) is 11.6 Å². The van der Waals surface area contributed by atoms with E-state index in [1.807, 2.05) is 0 Å². The Morgan fingerprint density at radius 2 is 0.683 bits per heavy atom. The predicted molar refractivity (Wildman–Crippen MR) is 347 cm³/mol. The molecule has 4 nitrogen and oxygen atoms in total. The van der Waals surface area contributed by atoms with E-state index in [4.69, 9.17) is 0 Å². The van der Waals surface area contributed by atoms with Crippen molar-refractivity contribution < 1.29 is 9.59 Å². The van der Waals surface area contributed by atoms with Crippen molar-refractivity contribution in [2.45, 2.75) is 200 Å². The summed E-state index contributed by atoms with van der Waals surface area (Å²) in [5.74, 6) is 0.660. The van der Waals surface area contributed by atoms with Gasteiger partial charge in [0.05, 0.1) is 33.1 Å². The fraction of sp³-hybridized carbons (Fsp3) is 0.436. The molecule has 82 heavy (non-hydrogen) atoms. The lowest BCUT2D eigenvalue weighted by Crippen LogP contribution is -2.33. The Kier molecular flexibility index (Phi) is 10.3. The van der Waals surface area contributed by atoms with Crippen molar-refractivity contribution in [2.75, 3.05) is 0 Å². The summed E-state index contributed by atoms with van der Waals surface area (Å²) < 4.78 is 5.39. The maximum Gasteiger partial charge on any atom is 0.169 e. The normalized spacial score (nSPS) is 23.2. The molecular weight excluding hydrogens is 997 g/mol. The van der Waals surface area contributed by atoms with Crippen LogP contribution in [0, 0.1) is 77.0 Å². The van der Waals surface area contributed by atoms with Crippen molar-refractivity contribution in [1.82, 2.24) is 8.80 Å². The molecule has 6 aliphatic carbocycles. The molecular formula is C78H84N2O2. The molecule has 4 heteroatoms. The lowest BCUT2D eigenvalue weighted by molar-refractivity contribution is 0.0726. The van der Waals surface area contributed by atoms with E-state index < -0.39 is 0 Å². The highest BCUT2D eigenvalue weighted by atomic mass is 16.1. The van der Waals surface area contributed by atoms with Crippen LogP contribution in [-0.2, 0) is 23.7 Å². The second kappa shape index (κ2) is 16.2. The second-order valence-electron chi connectivity index (χ2n) is 31.4. The van der Waals surface area contributed by atoms with Crippen LogP contribution in [0.4, 0.5) is 0 Å². The Bertz CT molecular complexity index is 4400. The maximum atomic E-state index is 15.4. The number of hydrogen-bond acceptors (Lipinski definition) is 2. The first-order chi connectivity index (χ1) is 38.4. The number of carbonyl (C=O) groups is 2. The van der Waals surface area contributed by atoms with Crippen LogP contribution >= 0.6 is 0 Å². The van der Waals surface area contributed by atoms with Crippen molar-refractivity contribution >= 4 is 87.8 Å². The summed E-state index contributed by atoms with van der Waals surface area (Å²) in [7, 11) is 0. The summed E-state index contributed by atoms with van der Waals surface area (Å²) in [5.41, 5.74) is 29.3. The van der Waals surface area contributed by atoms with Crippen molar-refractivity contribution in [1.29, 1.82) is 0 Å². The highest BCUT2D eigenvalue weighted by Gasteiger charge is 2.51. The minimum absolute atomic E-state index is 0.0673. The first-order valence-corrected chi connectivity index (χ1v) is 31.3. The third-order valence-corrected chi connectivity index (χ3v) is 23.2. The topological polar surface area (TPSA) is 43.0 Å². The van der Waals surface area contributed by atoms with Gasteiger partial charge in [0.1, 0.15) is 0 Å². The molecule has 0 N–H and O–H groups in total. The number of Topliss-reactive ketones (excluding diaryl/α,β-unsaturated/α-hetero) is 2. The summed E-state index contributed by atoms with van der Waals surface area (Å²) in [6.07, 6.45) is 9.54. The molecule has 0 atom stereocenters. The molecule has 0 radical (unpaired) electrons. The van der Waals surface area contributed by atoms with Gasteiger partial charge in [-0.2, -0.15) is 0 Å². The van der Waals surface area contributed by atoms with E-state index in [2.05, 4.69) is 194 Å². The number of benzene rings is 7. The molecule has 2 fully saturated rings. The summed E-state index contributed by atoms with van der Waals surface area (Å²) in [5, 5.41) is 10.3. The van der Waals surface area contributed by atoms with Crippen molar-refractivity contribution in [3.8, 4) is 22.3 Å². The van der Waals surface area contributed by atoms with Gasteiger partial charge in [-0.3, -0.25) is 9.59 Å². The van der Waals surface area contributed by atoms with E-state index in [9.17, 15) is 0 Å². The summed E-state index contributed by atoms with van der Waals surface area (Å²) in [4.78, 5) is 30.8. The van der Waals surface area contributed by atoms with Crippen LogP contribution in [0.1, 0.15) is 208 Å². The second-order valence-corrected chi connectivity index (χ2v) is 31.4. The van der Waals surface area contributed by atoms with Crippen LogP contribution in [0.3, 0.4) is 0 Å². The highest BCUT2D eigenvalue weighted by molar-refractivity contribution is 6.33. The smallest absolute Gasteiger partial charge is 0.169 e. The first-order valence-electron chi connectivity index (χ1n) is 31.3. The Balaban J connectivity index is 1.23. The van der Waals surface area contributed by atoms with Gasteiger partial charge in [-0.25, -0.2) is 0 Å². The minimum atomic E-state index is -0.362. The van der Waals surface area contributed by atoms with Gasteiger partial charge >= 0.3 is 0 Å². The third kappa shape index (κ3) is 6.73. The van der Waals surface area contributed by atoms with Crippen LogP contribution in [0.2, 0.25) is 0 Å². The molecule has 0 unspecified atom stereocenters. The minimum Gasteiger partial charge on any atom is -0.308 e. The maximum absolute atomic E-state index is 15.4. The average Bonchev–Trinajstić information content (AvgIpc) is 1.52. The number of nitrogens with zero attached hydrogens (tertiary/aromatic N) is 2. The van der Waals surface area contributed by atoms with Gasteiger partial charge in [0, 0.05) is 65.0 Å². The molecule has 6 aliphatic rings.